The Balaban J connectivity index is 2.28. The maximum atomic E-state index is 10.1. The quantitative estimate of drug-likeness (QED) is 0.359. The maximum absolute atomic E-state index is 10.1. The third-order valence-corrected chi connectivity index (χ3v) is 2.20. The van der Waals surface area contributed by atoms with E-state index < -0.39 is 12.1 Å². The molecule has 0 unspecified atom stereocenters. The van der Waals surface area contributed by atoms with E-state index in [0.29, 0.717) is 6.61 Å². The highest BCUT2D eigenvalue weighted by Crippen LogP contribution is 2.33. The number of hydrogen-bond donors (Lipinski definition) is 1. The molecule has 0 aromatic heterocycles. The predicted molar refractivity (Wildman–Crippen MR) is 40.5 cm³/mol. The Morgan fingerprint density at radius 2 is 2.62 bits per heavy atom. The number of rotatable bonds is 2. The molecule has 2 aliphatic rings. The first-order valence-corrected chi connectivity index (χ1v) is 3.96. The zero-order valence-electron chi connectivity index (χ0n) is 7.10. The van der Waals surface area contributed by atoms with E-state index in [-0.39, 0.29) is 12.6 Å². The molecule has 5 nitrogen and oxygen atoms in total. The Kier molecular flexibility index (Phi) is 1.87. The SMILES string of the molecule is CC1=C[C@@](O)(OC=O)[C@@H]2OC[C@H]1O2. The van der Waals surface area contributed by atoms with Crippen LogP contribution in [-0.4, -0.2) is 36.4 Å². The summed E-state index contributed by atoms with van der Waals surface area (Å²) >= 11 is 0. The Morgan fingerprint density at radius 1 is 1.85 bits per heavy atom. The van der Waals surface area contributed by atoms with Gasteiger partial charge in [-0.15, -0.1) is 0 Å². The molecule has 1 N–H and O–H groups in total. The third kappa shape index (κ3) is 1.25. The van der Waals surface area contributed by atoms with Crippen LogP contribution in [0, 0.1) is 0 Å². The predicted octanol–water partition coefficient (Wildman–Crippen LogP) is -0.451. The summed E-state index contributed by atoms with van der Waals surface area (Å²) in [7, 11) is 0. The topological polar surface area (TPSA) is 65.0 Å². The van der Waals surface area contributed by atoms with Gasteiger partial charge in [-0.05, 0) is 18.6 Å². The molecule has 72 valence electrons. The van der Waals surface area contributed by atoms with Crippen LogP contribution in [0.4, 0.5) is 0 Å². The summed E-state index contributed by atoms with van der Waals surface area (Å²) in [4.78, 5) is 10.1. The second kappa shape index (κ2) is 2.80. The van der Waals surface area contributed by atoms with Crippen LogP contribution >= 0.6 is 0 Å². The molecule has 0 spiro atoms. The van der Waals surface area contributed by atoms with E-state index in [2.05, 4.69) is 4.74 Å². The van der Waals surface area contributed by atoms with Gasteiger partial charge in [-0.1, -0.05) is 0 Å². The van der Waals surface area contributed by atoms with Crippen LogP contribution in [0.1, 0.15) is 6.92 Å². The van der Waals surface area contributed by atoms with Crippen molar-refractivity contribution in [2.24, 2.45) is 0 Å². The molecule has 1 fully saturated rings. The lowest BCUT2D eigenvalue weighted by molar-refractivity contribution is -0.271. The molecular weight excluding hydrogens is 176 g/mol. The van der Waals surface area contributed by atoms with Crippen LogP contribution in [-0.2, 0) is 19.0 Å². The molecule has 2 rings (SSSR count). The Bertz CT molecular complexity index is 261. The van der Waals surface area contributed by atoms with Gasteiger partial charge >= 0.3 is 0 Å². The molecule has 3 atom stereocenters. The van der Waals surface area contributed by atoms with E-state index in [1.807, 2.05) is 0 Å². The van der Waals surface area contributed by atoms with Gasteiger partial charge in [0.1, 0.15) is 6.10 Å². The highest BCUT2D eigenvalue weighted by atomic mass is 16.8. The molecule has 0 saturated carbocycles. The van der Waals surface area contributed by atoms with Crippen LogP contribution in [0.25, 0.3) is 0 Å². The Morgan fingerprint density at radius 3 is 3.31 bits per heavy atom. The lowest BCUT2D eigenvalue weighted by atomic mass is 10.1. The fourth-order valence-corrected chi connectivity index (χ4v) is 1.51. The second-order valence-electron chi connectivity index (χ2n) is 3.14. The molecule has 0 aliphatic carbocycles. The van der Waals surface area contributed by atoms with E-state index in [1.54, 1.807) is 6.92 Å². The molecule has 2 bridgehead atoms. The van der Waals surface area contributed by atoms with Gasteiger partial charge in [-0.2, -0.15) is 0 Å². The van der Waals surface area contributed by atoms with Crippen molar-refractivity contribution in [2.45, 2.75) is 25.1 Å². The first-order valence-electron chi connectivity index (χ1n) is 3.96. The number of carbonyl (C=O) groups excluding carboxylic acids is 1. The summed E-state index contributed by atoms with van der Waals surface area (Å²) in [5, 5.41) is 9.75. The van der Waals surface area contributed by atoms with E-state index in [0.717, 1.165) is 5.57 Å². The van der Waals surface area contributed by atoms with Gasteiger partial charge in [0.25, 0.3) is 12.3 Å². The van der Waals surface area contributed by atoms with E-state index in [1.165, 1.54) is 6.08 Å². The average Bonchev–Trinajstić information content (AvgIpc) is 2.48. The summed E-state index contributed by atoms with van der Waals surface area (Å²) < 4.78 is 14.9. The Labute approximate surface area is 74.9 Å². The van der Waals surface area contributed by atoms with Crippen LogP contribution in [0.5, 0.6) is 0 Å². The van der Waals surface area contributed by atoms with Crippen LogP contribution in [0.2, 0.25) is 0 Å². The zero-order chi connectivity index (χ0) is 9.47. The molecule has 5 heteroatoms. The zero-order valence-corrected chi connectivity index (χ0v) is 7.10. The van der Waals surface area contributed by atoms with Crippen LogP contribution < -0.4 is 0 Å². The van der Waals surface area contributed by atoms with Crippen molar-refractivity contribution < 1.29 is 24.1 Å². The first kappa shape index (κ1) is 8.68. The number of carbonyl (C=O) groups is 1. The van der Waals surface area contributed by atoms with Crippen molar-refractivity contribution in [3.63, 3.8) is 0 Å². The minimum Gasteiger partial charge on any atom is -0.426 e. The van der Waals surface area contributed by atoms with Crippen LogP contribution in [0.15, 0.2) is 11.6 Å². The minimum atomic E-state index is -1.77. The third-order valence-electron chi connectivity index (χ3n) is 2.20. The van der Waals surface area contributed by atoms with Gasteiger partial charge in [0.2, 0.25) is 6.29 Å². The van der Waals surface area contributed by atoms with Crippen molar-refractivity contribution in [1.82, 2.24) is 0 Å². The summed E-state index contributed by atoms with van der Waals surface area (Å²) in [6.45, 7) is 2.35. The number of hydrogen-bond acceptors (Lipinski definition) is 5. The molecule has 2 aliphatic heterocycles. The highest BCUT2D eigenvalue weighted by Gasteiger charge is 2.49. The molecular formula is C8H10O5. The van der Waals surface area contributed by atoms with Crippen LogP contribution in [0.3, 0.4) is 0 Å². The fraction of sp³-hybridized carbons (Fsp3) is 0.625. The first-order chi connectivity index (χ1) is 6.15. The van der Waals surface area contributed by atoms with E-state index >= 15 is 0 Å². The van der Waals surface area contributed by atoms with Gasteiger partial charge in [0.05, 0.1) is 6.61 Å². The minimum absolute atomic E-state index is 0.125. The monoisotopic (exact) mass is 186 g/mol. The summed E-state index contributed by atoms with van der Waals surface area (Å²) in [5.74, 6) is -1.77. The number of aliphatic hydroxyl groups is 1. The summed E-state index contributed by atoms with van der Waals surface area (Å²) in [5.41, 5.74) is 0.804. The highest BCUT2D eigenvalue weighted by molar-refractivity contribution is 5.39. The van der Waals surface area contributed by atoms with Crippen molar-refractivity contribution in [1.29, 1.82) is 0 Å². The standard InChI is InChI=1S/C8H10O5/c1-5-2-8(10,12-4-9)7-11-3-6(5)13-7/h2,4,6-7,10H,3H2,1H3/t6-,7-,8-/m1/s1. The fourth-order valence-electron chi connectivity index (χ4n) is 1.51. The van der Waals surface area contributed by atoms with E-state index in [9.17, 15) is 9.90 Å². The molecule has 0 aromatic rings. The van der Waals surface area contributed by atoms with Gasteiger partial charge in [0, 0.05) is 0 Å². The Hall–Kier alpha value is -0.910. The molecule has 0 aromatic carbocycles. The molecule has 1 saturated heterocycles. The van der Waals surface area contributed by atoms with Gasteiger partial charge in [-0.3, -0.25) is 4.79 Å². The van der Waals surface area contributed by atoms with Crippen molar-refractivity contribution in [3.8, 4) is 0 Å². The molecule has 0 radical (unpaired) electrons. The average molecular weight is 186 g/mol. The summed E-state index contributed by atoms with van der Waals surface area (Å²) in [6.07, 6.45) is 0.430. The number of fused-ring (bicyclic) bond motifs is 2. The van der Waals surface area contributed by atoms with Gasteiger partial charge in [0.15, 0.2) is 0 Å². The molecule has 13 heavy (non-hydrogen) atoms. The number of ether oxygens (including phenoxy) is 3. The lowest BCUT2D eigenvalue weighted by Gasteiger charge is -2.31. The van der Waals surface area contributed by atoms with Crippen molar-refractivity contribution in [3.05, 3.63) is 11.6 Å². The summed E-state index contributed by atoms with van der Waals surface area (Å²) in [6, 6.07) is 0. The van der Waals surface area contributed by atoms with Gasteiger partial charge < -0.3 is 19.3 Å². The van der Waals surface area contributed by atoms with Crippen molar-refractivity contribution >= 4 is 6.47 Å². The second-order valence-corrected chi connectivity index (χ2v) is 3.14. The molecule has 2 heterocycles. The maximum Gasteiger partial charge on any atom is 0.296 e. The largest absolute Gasteiger partial charge is 0.426 e. The van der Waals surface area contributed by atoms with Crippen molar-refractivity contribution in [2.75, 3.05) is 6.61 Å². The smallest absolute Gasteiger partial charge is 0.296 e. The van der Waals surface area contributed by atoms with Gasteiger partial charge in [-0.25, -0.2) is 0 Å². The lowest BCUT2D eigenvalue weighted by Crippen LogP contribution is -2.46. The normalized spacial score (nSPS) is 42.8. The molecule has 0 amide bonds. The van der Waals surface area contributed by atoms with E-state index in [4.69, 9.17) is 9.47 Å².